The number of hydrogen-bond donors (Lipinski definition) is 1. The largest absolute Gasteiger partial charge is 0.457 e. The summed E-state index contributed by atoms with van der Waals surface area (Å²) < 4.78 is 17.8. The van der Waals surface area contributed by atoms with Crippen LogP contribution in [0.3, 0.4) is 0 Å². The number of hydrogen-bond acceptors (Lipinski definition) is 5. The highest BCUT2D eigenvalue weighted by Crippen LogP contribution is 2.19. The van der Waals surface area contributed by atoms with Gasteiger partial charge in [-0.1, -0.05) is 0 Å². The number of carbonyl (C=O) groups excluding carboxylic acids is 3. The van der Waals surface area contributed by atoms with Crippen molar-refractivity contribution in [3.05, 3.63) is 59.9 Å². The molecule has 0 fully saturated rings. The van der Waals surface area contributed by atoms with Crippen LogP contribution < -0.4 is 5.32 Å². The van der Waals surface area contributed by atoms with E-state index < -0.39 is 5.97 Å². The molecule has 0 aliphatic rings. The number of esters is 1. The second-order valence-electron chi connectivity index (χ2n) is 5.39. The van der Waals surface area contributed by atoms with Crippen molar-refractivity contribution in [2.45, 2.75) is 18.2 Å². The van der Waals surface area contributed by atoms with Crippen molar-refractivity contribution in [2.24, 2.45) is 0 Å². The number of halogens is 1. The van der Waals surface area contributed by atoms with E-state index in [-0.39, 0.29) is 30.5 Å². The summed E-state index contributed by atoms with van der Waals surface area (Å²) in [6.45, 7) is 1.06. The standard InChI is InChI=1S/C19H18FNO4S/c1-13(22)21-16-6-2-14(3-7-16)18(23)12-25-19(24)10-11-26-17-8-4-15(20)5-9-17/h2-9H,10-12H2,1H3,(H,21,22). The fraction of sp³-hybridized carbons (Fsp3) is 0.211. The van der Waals surface area contributed by atoms with E-state index in [9.17, 15) is 18.8 Å². The minimum atomic E-state index is -0.470. The van der Waals surface area contributed by atoms with Gasteiger partial charge < -0.3 is 10.1 Å². The van der Waals surface area contributed by atoms with Gasteiger partial charge in [0, 0.05) is 28.8 Å². The molecule has 0 spiro atoms. The number of Topliss-reactive ketones (excluding diaryl/α,β-unsaturated/α-hetero) is 1. The molecule has 5 nitrogen and oxygen atoms in total. The number of amides is 1. The summed E-state index contributed by atoms with van der Waals surface area (Å²) in [7, 11) is 0. The summed E-state index contributed by atoms with van der Waals surface area (Å²) in [5.74, 6) is -0.819. The summed E-state index contributed by atoms with van der Waals surface area (Å²) in [4.78, 5) is 35.5. The van der Waals surface area contributed by atoms with Crippen molar-refractivity contribution >= 4 is 35.1 Å². The Labute approximate surface area is 154 Å². The topological polar surface area (TPSA) is 72.5 Å². The Morgan fingerprint density at radius 3 is 2.31 bits per heavy atom. The highest BCUT2D eigenvalue weighted by molar-refractivity contribution is 7.99. The van der Waals surface area contributed by atoms with E-state index in [1.807, 2.05) is 0 Å². The lowest BCUT2D eigenvalue weighted by atomic mass is 10.1. The van der Waals surface area contributed by atoms with Crippen molar-refractivity contribution in [3.63, 3.8) is 0 Å². The maximum absolute atomic E-state index is 12.8. The van der Waals surface area contributed by atoms with Crippen molar-refractivity contribution in [2.75, 3.05) is 17.7 Å². The molecule has 26 heavy (non-hydrogen) atoms. The fourth-order valence-electron chi connectivity index (χ4n) is 2.03. The molecule has 2 rings (SSSR count). The third-order valence-corrected chi connectivity index (χ3v) is 4.29. The van der Waals surface area contributed by atoms with Crippen LogP contribution in [0.15, 0.2) is 53.4 Å². The molecule has 0 radical (unpaired) electrons. The van der Waals surface area contributed by atoms with Gasteiger partial charge in [0.2, 0.25) is 5.91 Å². The van der Waals surface area contributed by atoms with E-state index in [2.05, 4.69) is 5.32 Å². The van der Waals surface area contributed by atoms with E-state index in [1.165, 1.54) is 30.8 Å². The van der Waals surface area contributed by atoms with Gasteiger partial charge in [0.25, 0.3) is 0 Å². The van der Waals surface area contributed by atoms with Gasteiger partial charge in [-0.2, -0.15) is 0 Å². The molecule has 0 atom stereocenters. The molecular formula is C19H18FNO4S. The summed E-state index contributed by atoms with van der Waals surface area (Å²) in [6.07, 6.45) is 0.150. The molecule has 0 aromatic heterocycles. The Hall–Kier alpha value is -2.67. The maximum Gasteiger partial charge on any atom is 0.307 e. The van der Waals surface area contributed by atoms with Crippen molar-refractivity contribution < 1.29 is 23.5 Å². The van der Waals surface area contributed by atoms with Crippen molar-refractivity contribution in [1.29, 1.82) is 0 Å². The van der Waals surface area contributed by atoms with Crippen LogP contribution in [0.5, 0.6) is 0 Å². The Balaban J connectivity index is 1.71. The average Bonchev–Trinajstić information content (AvgIpc) is 2.61. The number of ketones is 1. The van der Waals surface area contributed by atoms with Gasteiger partial charge in [-0.3, -0.25) is 14.4 Å². The summed E-state index contributed by atoms with van der Waals surface area (Å²) in [5.41, 5.74) is 0.983. The Bertz CT molecular complexity index is 775. The van der Waals surface area contributed by atoms with Gasteiger partial charge in [-0.15, -0.1) is 11.8 Å². The number of thioether (sulfide) groups is 1. The van der Waals surface area contributed by atoms with E-state index >= 15 is 0 Å². The van der Waals surface area contributed by atoms with Gasteiger partial charge in [0.15, 0.2) is 12.4 Å². The number of carbonyl (C=O) groups is 3. The highest BCUT2D eigenvalue weighted by atomic mass is 32.2. The second kappa shape index (κ2) is 9.72. The van der Waals surface area contributed by atoms with Gasteiger partial charge in [0.05, 0.1) is 6.42 Å². The van der Waals surface area contributed by atoms with Crippen LogP contribution >= 0.6 is 11.8 Å². The predicted octanol–water partition coefficient (Wildman–Crippen LogP) is 3.69. The minimum Gasteiger partial charge on any atom is -0.457 e. The zero-order chi connectivity index (χ0) is 18.9. The molecule has 7 heteroatoms. The van der Waals surface area contributed by atoms with Crippen LogP contribution in [0.2, 0.25) is 0 Å². The first-order valence-electron chi connectivity index (χ1n) is 7.89. The second-order valence-corrected chi connectivity index (χ2v) is 6.56. The summed E-state index contributed by atoms with van der Waals surface area (Å²) >= 11 is 1.41. The van der Waals surface area contributed by atoms with E-state index in [4.69, 9.17) is 4.74 Å². The molecule has 0 aliphatic carbocycles. The van der Waals surface area contributed by atoms with Gasteiger partial charge in [-0.05, 0) is 48.5 Å². The summed E-state index contributed by atoms with van der Waals surface area (Å²) in [5, 5.41) is 2.60. The van der Waals surface area contributed by atoms with Crippen LogP contribution in [-0.4, -0.2) is 30.0 Å². The van der Waals surface area contributed by atoms with Gasteiger partial charge in [0.1, 0.15) is 5.82 Å². The van der Waals surface area contributed by atoms with Gasteiger partial charge in [-0.25, -0.2) is 4.39 Å². The molecular weight excluding hydrogens is 357 g/mol. The molecule has 0 bridgehead atoms. The first kappa shape index (κ1) is 19.7. The molecule has 0 aliphatic heterocycles. The monoisotopic (exact) mass is 375 g/mol. The number of rotatable bonds is 8. The molecule has 136 valence electrons. The Morgan fingerprint density at radius 2 is 1.69 bits per heavy atom. The molecule has 0 heterocycles. The molecule has 1 amide bonds. The first-order chi connectivity index (χ1) is 12.4. The molecule has 2 aromatic rings. The molecule has 2 aromatic carbocycles. The van der Waals surface area contributed by atoms with E-state index in [0.29, 0.717) is 17.0 Å². The molecule has 0 unspecified atom stereocenters. The SMILES string of the molecule is CC(=O)Nc1ccc(C(=O)COC(=O)CCSc2ccc(F)cc2)cc1. The normalized spacial score (nSPS) is 10.2. The summed E-state index contributed by atoms with van der Waals surface area (Å²) in [6, 6.07) is 12.3. The van der Waals surface area contributed by atoms with Crippen LogP contribution in [0.4, 0.5) is 10.1 Å². The van der Waals surface area contributed by atoms with Crippen LogP contribution in [0.25, 0.3) is 0 Å². The van der Waals surface area contributed by atoms with E-state index in [0.717, 1.165) is 4.90 Å². The molecule has 0 saturated heterocycles. The van der Waals surface area contributed by atoms with Crippen LogP contribution in [0.1, 0.15) is 23.7 Å². The quantitative estimate of drug-likeness (QED) is 0.433. The lowest BCUT2D eigenvalue weighted by molar-refractivity contribution is -0.142. The molecule has 0 saturated carbocycles. The number of benzene rings is 2. The van der Waals surface area contributed by atoms with Crippen LogP contribution in [-0.2, 0) is 14.3 Å². The average molecular weight is 375 g/mol. The predicted molar refractivity (Wildman–Crippen MR) is 97.8 cm³/mol. The Kier molecular flexibility index (Phi) is 7.35. The van der Waals surface area contributed by atoms with Crippen molar-refractivity contribution in [3.8, 4) is 0 Å². The third kappa shape index (κ3) is 6.68. The number of anilines is 1. The molecule has 1 N–H and O–H groups in total. The first-order valence-corrected chi connectivity index (χ1v) is 8.87. The third-order valence-electron chi connectivity index (χ3n) is 3.28. The fourth-order valence-corrected chi connectivity index (χ4v) is 2.86. The minimum absolute atomic E-state index is 0.150. The number of nitrogens with one attached hydrogen (secondary N) is 1. The van der Waals surface area contributed by atoms with Crippen LogP contribution in [0, 0.1) is 5.82 Å². The lowest BCUT2D eigenvalue weighted by Crippen LogP contribution is -2.14. The zero-order valence-electron chi connectivity index (χ0n) is 14.2. The lowest BCUT2D eigenvalue weighted by Gasteiger charge is -2.06. The highest BCUT2D eigenvalue weighted by Gasteiger charge is 2.10. The Morgan fingerprint density at radius 1 is 1.04 bits per heavy atom. The smallest absolute Gasteiger partial charge is 0.307 e. The number of ether oxygens (including phenoxy) is 1. The van der Waals surface area contributed by atoms with Gasteiger partial charge >= 0.3 is 5.97 Å². The van der Waals surface area contributed by atoms with Crippen molar-refractivity contribution in [1.82, 2.24) is 0 Å². The maximum atomic E-state index is 12.8. The van der Waals surface area contributed by atoms with E-state index in [1.54, 1.807) is 36.4 Å². The zero-order valence-corrected chi connectivity index (χ0v) is 15.0.